The van der Waals surface area contributed by atoms with Crippen LogP contribution in [0, 0.1) is 5.82 Å². The van der Waals surface area contributed by atoms with E-state index in [2.05, 4.69) is 19.2 Å². The van der Waals surface area contributed by atoms with Crippen molar-refractivity contribution in [2.24, 2.45) is 0 Å². The molecular weight excluding hydrogens is 373 g/mol. The zero-order valence-corrected chi connectivity index (χ0v) is 15.9. The van der Waals surface area contributed by atoms with Gasteiger partial charge in [-0.15, -0.1) is 0 Å². The molecule has 1 fully saturated rings. The summed E-state index contributed by atoms with van der Waals surface area (Å²) in [5.74, 6) is -2.18. The molecule has 0 unspecified atom stereocenters. The lowest BCUT2D eigenvalue weighted by Gasteiger charge is -2.18. The molecule has 0 saturated carbocycles. The van der Waals surface area contributed by atoms with E-state index in [0.29, 0.717) is 15.7 Å². The van der Waals surface area contributed by atoms with Crippen LogP contribution in [0.4, 0.5) is 10.1 Å². The lowest BCUT2D eigenvalue weighted by molar-refractivity contribution is -0.117. The van der Waals surface area contributed by atoms with Gasteiger partial charge in [-0.2, -0.15) is 8.42 Å². The quantitative estimate of drug-likeness (QED) is 0.648. The Bertz CT molecular complexity index is 992. The molecule has 0 aliphatic carbocycles. The average molecular weight is 395 g/mol. The molecule has 1 aliphatic heterocycles. The normalized spacial score (nSPS) is 16.3. The van der Waals surface area contributed by atoms with E-state index < -0.39 is 39.9 Å². The number of hydrogen-bond donors (Lipinski definition) is 3. The number of rotatable bonds is 6. The van der Waals surface area contributed by atoms with Crippen LogP contribution >= 0.6 is 0 Å². The highest BCUT2D eigenvalue weighted by Gasteiger charge is 2.37. The molecule has 7 nitrogen and oxygen atoms in total. The highest BCUT2D eigenvalue weighted by molar-refractivity contribution is 7.92. The molecule has 1 amide bonds. The first-order valence-electron chi connectivity index (χ1n) is 8.70. The number of aromatic hydroxyl groups is 1. The molecule has 3 N–H and O–H groups in total. The number of benzene rings is 2. The van der Waals surface area contributed by atoms with Gasteiger partial charge >= 0.3 is 10.2 Å². The third kappa shape index (κ3) is 3.98. The van der Waals surface area contributed by atoms with Gasteiger partial charge in [-0.05, 0) is 42.5 Å². The molecule has 9 heteroatoms. The minimum atomic E-state index is -4.21. The molecule has 1 saturated heterocycles. The molecule has 1 aliphatic rings. The second kappa shape index (κ2) is 7.32. The van der Waals surface area contributed by atoms with Crippen molar-refractivity contribution in [3.63, 3.8) is 0 Å². The third-order valence-corrected chi connectivity index (χ3v) is 5.74. The van der Waals surface area contributed by atoms with E-state index in [0.717, 1.165) is 24.9 Å². The van der Waals surface area contributed by atoms with Crippen LogP contribution in [-0.4, -0.2) is 38.6 Å². The summed E-state index contributed by atoms with van der Waals surface area (Å²) in [7, 11) is -4.21. The minimum Gasteiger partial charge on any atom is -0.506 e. The number of carbonyl (C=O) groups is 1. The van der Waals surface area contributed by atoms with E-state index in [1.165, 1.54) is 6.07 Å². The molecule has 0 spiro atoms. The van der Waals surface area contributed by atoms with Gasteiger partial charge in [-0.25, -0.2) is 13.4 Å². The van der Waals surface area contributed by atoms with Gasteiger partial charge in [0.15, 0.2) is 5.82 Å². The number of fused-ring (bicyclic) bond motifs is 1. The maximum Gasteiger partial charge on any atom is 0.326 e. The molecule has 0 atom stereocenters. The largest absolute Gasteiger partial charge is 0.506 e. The third-order valence-electron chi connectivity index (χ3n) is 4.36. The Morgan fingerprint density at radius 1 is 1.33 bits per heavy atom. The fraction of sp³-hybridized carbons (Fsp3) is 0.389. The Labute approximate surface area is 157 Å². The number of hydrogen-bond acceptors (Lipinski definition) is 5. The molecule has 1 heterocycles. The van der Waals surface area contributed by atoms with E-state index in [1.807, 2.05) is 6.07 Å². The number of phenols is 1. The highest BCUT2D eigenvalue weighted by atomic mass is 32.2. The Kier molecular flexibility index (Phi) is 5.25. The van der Waals surface area contributed by atoms with Gasteiger partial charge in [0, 0.05) is 11.4 Å². The van der Waals surface area contributed by atoms with Crippen LogP contribution in [0.3, 0.4) is 0 Å². The van der Waals surface area contributed by atoms with E-state index in [4.69, 9.17) is 0 Å². The number of nitrogens with one attached hydrogen (secondary N) is 2. The Hall–Kier alpha value is -2.39. The summed E-state index contributed by atoms with van der Waals surface area (Å²) in [5, 5.41) is 14.1. The molecule has 2 aromatic carbocycles. The van der Waals surface area contributed by atoms with Crippen molar-refractivity contribution in [2.45, 2.75) is 32.7 Å². The highest BCUT2D eigenvalue weighted by Crippen LogP contribution is 2.38. The van der Waals surface area contributed by atoms with Crippen LogP contribution in [0.2, 0.25) is 0 Å². The zero-order valence-electron chi connectivity index (χ0n) is 15.1. The van der Waals surface area contributed by atoms with E-state index in [9.17, 15) is 18.3 Å². The summed E-state index contributed by atoms with van der Waals surface area (Å²) in [5.41, 5.74) is 0.390. The van der Waals surface area contributed by atoms with Crippen LogP contribution in [0.25, 0.3) is 10.8 Å². The molecule has 0 radical (unpaired) electrons. The number of aryl methyl sites for hydroxylation is 1. The lowest BCUT2D eigenvalue weighted by atomic mass is 10.0. The maximum absolute atomic E-state index is 15.1. The summed E-state index contributed by atoms with van der Waals surface area (Å²) >= 11 is 0. The fourth-order valence-corrected chi connectivity index (χ4v) is 4.26. The van der Waals surface area contributed by atoms with E-state index in [1.54, 1.807) is 16.9 Å². The SMILES string of the molecule is CC(C)NCCCc1ccc2cc(O)c(N3CC(=O)NS3(=O)=O)c(F)c2c1. The van der Waals surface area contributed by atoms with Crippen LogP contribution in [-0.2, 0) is 21.4 Å². The topological polar surface area (TPSA) is 98.7 Å². The molecule has 146 valence electrons. The molecular formula is C18H22FN3O4S. The van der Waals surface area contributed by atoms with E-state index in [-0.39, 0.29) is 5.39 Å². The monoisotopic (exact) mass is 395 g/mol. The first kappa shape index (κ1) is 19.4. The van der Waals surface area contributed by atoms with E-state index >= 15 is 4.39 Å². The predicted molar refractivity (Wildman–Crippen MR) is 101 cm³/mol. The van der Waals surface area contributed by atoms with Gasteiger partial charge in [0.05, 0.1) is 0 Å². The van der Waals surface area contributed by atoms with Gasteiger partial charge in [-0.1, -0.05) is 26.0 Å². The van der Waals surface area contributed by atoms with Crippen molar-refractivity contribution in [3.05, 3.63) is 35.6 Å². The summed E-state index contributed by atoms with van der Waals surface area (Å²) in [6.45, 7) is 4.38. The van der Waals surface area contributed by atoms with Crippen molar-refractivity contribution in [1.82, 2.24) is 10.0 Å². The molecule has 2 aromatic rings. The van der Waals surface area contributed by atoms with Crippen molar-refractivity contribution >= 4 is 32.6 Å². The van der Waals surface area contributed by atoms with Crippen molar-refractivity contribution in [2.75, 3.05) is 17.4 Å². The van der Waals surface area contributed by atoms with Gasteiger partial charge in [0.1, 0.15) is 18.0 Å². The summed E-state index contributed by atoms with van der Waals surface area (Å²) in [6.07, 6.45) is 1.60. The minimum absolute atomic E-state index is 0.201. The van der Waals surface area contributed by atoms with Gasteiger partial charge in [-0.3, -0.25) is 4.79 Å². The van der Waals surface area contributed by atoms with Crippen LogP contribution < -0.4 is 14.3 Å². The predicted octanol–water partition coefficient (Wildman–Crippen LogP) is 1.80. The first-order valence-corrected chi connectivity index (χ1v) is 10.1. The lowest BCUT2D eigenvalue weighted by Crippen LogP contribution is -2.30. The number of anilines is 1. The Balaban J connectivity index is 1.95. The number of amides is 1. The molecule has 0 bridgehead atoms. The zero-order chi connectivity index (χ0) is 19.8. The fourth-order valence-electron chi connectivity index (χ4n) is 3.10. The maximum atomic E-state index is 15.1. The molecule has 27 heavy (non-hydrogen) atoms. The molecule has 0 aromatic heterocycles. The second-order valence-electron chi connectivity index (χ2n) is 6.86. The summed E-state index contributed by atoms with van der Waals surface area (Å²) in [4.78, 5) is 11.4. The number of halogens is 1. The summed E-state index contributed by atoms with van der Waals surface area (Å²) < 4.78 is 41.5. The van der Waals surface area contributed by atoms with Crippen LogP contribution in [0.1, 0.15) is 25.8 Å². The average Bonchev–Trinajstić information content (AvgIpc) is 2.84. The number of carbonyl (C=O) groups excluding carboxylic acids is 1. The Morgan fingerprint density at radius 3 is 2.70 bits per heavy atom. The standard InChI is InChI=1S/C18H22FN3O4S/c1-11(2)20-7-3-4-12-5-6-13-9-15(23)18(17(19)14(13)8-12)22-10-16(24)21-27(22,25)26/h5-6,8-9,11,20,23H,3-4,7,10H2,1-2H3,(H,21,24). The molecule has 3 rings (SSSR count). The number of nitrogens with zero attached hydrogens (tertiary/aromatic N) is 1. The van der Waals surface area contributed by atoms with Crippen molar-refractivity contribution < 1.29 is 22.7 Å². The Morgan fingerprint density at radius 2 is 2.07 bits per heavy atom. The van der Waals surface area contributed by atoms with Gasteiger partial charge < -0.3 is 10.4 Å². The van der Waals surface area contributed by atoms with Crippen LogP contribution in [0.15, 0.2) is 24.3 Å². The first-order chi connectivity index (χ1) is 12.7. The van der Waals surface area contributed by atoms with Crippen molar-refractivity contribution in [1.29, 1.82) is 0 Å². The van der Waals surface area contributed by atoms with Crippen molar-refractivity contribution in [3.8, 4) is 5.75 Å². The summed E-state index contributed by atoms with van der Waals surface area (Å²) in [6, 6.07) is 6.89. The second-order valence-corrected chi connectivity index (χ2v) is 8.46. The van der Waals surface area contributed by atoms with Gasteiger partial charge in [0.25, 0.3) is 5.91 Å². The smallest absolute Gasteiger partial charge is 0.326 e. The van der Waals surface area contributed by atoms with Gasteiger partial charge in [0.2, 0.25) is 0 Å². The van der Waals surface area contributed by atoms with Crippen LogP contribution in [0.5, 0.6) is 5.75 Å². The number of phenolic OH excluding ortho intramolecular Hbond substituents is 1.